The number of benzene rings is 4. The second-order valence-electron chi connectivity index (χ2n) is 8.01. The molecule has 4 aromatic carbocycles. The lowest BCUT2D eigenvalue weighted by molar-refractivity contribution is 0.970. The van der Waals surface area contributed by atoms with Gasteiger partial charge in [-0.3, -0.25) is 0 Å². The van der Waals surface area contributed by atoms with E-state index in [1.807, 2.05) is 97.1 Å². The normalized spacial score (nSPS) is 15.0. The first-order valence-corrected chi connectivity index (χ1v) is 10.5. The molecule has 32 heavy (non-hydrogen) atoms. The number of para-hydroxylation sites is 2. The Bertz CT molecular complexity index is 1640. The molecule has 0 N–H and O–H groups in total. The monoisotopic (exact) mass is 418 g/mol. The van der Waals surface area contributed by atoms with Crippen molar-refractivity contribution in [2.45, 2.75) is 0 Å². The van der Waals surface area contributed by atoms with Crippen molar-refractivity contribution >= 4 is 21.8 Å². The summed E-state index contributed by atoms with van der Waals surface area (Å²) in [5.74, 6) is 0. The second kappa shape index (κ2) is 7.28. The highest BCUT2D eigenvalue weighted by molar-refractivity contribution is 5.97. The van der Waals surface area contributed by atoms with Gasteiger partial charge in [-0.2, -0.15) is 0 Å². The van der Waals surface area contributed by atoms with Crippen LogP contribution in [0, 0.1) is 0 Å². The number of fused-ring (bicyclic) bond motifs is 2. The largest absolute Gasteiger partial charge is 0.350 e. The Hall–Kier alpha value is -4.04. The van der Waals surface area contributed by atoms with Gasteiger partial charge < -0.3 is 9.13 Å². The summed E-state index contributed by atoms with van der Waals surface area (Å²) in [5.41, 5.74) is 7.08. The molecule has 0 atom stereocenters. The van der Waals surface area contributed by atoms with Gasteiger partial charge >= 0.3 is 0 Å². The Morgan fingerprint density at radius 2 is 0.844 bits per heavy atom. The third-order valence-corrected chi connectivity index (χ3v) is 6.15. The lowest BCUT2D eigenvalue weighted by Crippen LogP contribution is -1.82. The van der Waals surface area contributed by atoms with Crippen molar-refractivity contribution in [2.24, 2.45) is 14.0 Å². The molecule has 0 saturated heterocycles. The minimum Gasteiger partial charge on any atom is -0.350 e. The first-order valence-electron chi connectivity index (χ1n) is 13.5. The Labute approximate surface area is 196 Å². The van der Waals surface area contributed by atoms with Gasteiger partial charge in [0.15, 0.2) is 0 Å². The van der Waals surface area contributed by atoms with E-state index in [1.165, 1.54) is 9.13 Å². The van der Waals surface area contributed by atoms with Gasteiger partial charge in [-0.25, -0.2) is 0 Å². The molecule has 0 bridgehead atoms. The molecule has 154 valence electrons. The number of hydrogen-bond donors (Lipinski definition) is 0. The summed E-state index contributed by atoms with van der Waals surface area (Å²) < 4.78 is 50.1. The molecule has 0 radical (unpaired) electrons. The minimum atomic E-state index is -2.25. The van der Waals surface area contributed by atoms with Crippen molar-refractivity contribution in [2.75, 3.05) is 0 Å². The third-order valence-electron chi connectivity index (χ3n) is 6.15. The van der Waals surface area contributed by atoms with Crippen LogP contribution >= 0.6 is 0 Å². The van der Waals surface area contributed by atoms with Crippen molar-refractivity contribution in [3.05, 3.63) is 109 Å². The standard InChI is InChI=1S/C30H24N2/c1-31-19-27(25-7-3-5-9-29(25)31)23-15-11-21(12-16-23)22-13-17-24(18-14-22)28-20-32(2)30-10-6-4-8-26(28)30/h3-20H,1-2H3/i1D3,2D3. The summed E-state index contributed by atoms with van der Waals surface area (Å²) in [6, 6.07) is 31.3. The van der Waals surface area contributed by atoms with E-state index in [0.717, 1.165) is 44.2 Å². The predicted molar refractivity (Wildman–Crippen MR) is 136 cm³/mol. The van der Waals surface area contributed by atoms with Gasteiger partial charge in [0.05, 0.1) is 0 Å². The molecule has 0 aliphatic heterocycles. The van der Waals surface area contributed by atoms with Gasteiger partial charge in [-0.05, 0) is 34.4 Å². The van der Waals surface area contributed by atoms with E-state index in [0.29, 0.717) is 11.0 Å². The fourth-order valence-electron chi connectivity index (χ4n) is 4.50. The molecule has 0 aliphatic rings. The molecule has 0 spiro atoms. The molecule has 0 fully saturated rings. The smallest absolute Gasteiger partial charge is 0.0484 e. The maximum Gasteiger partial charge on any atom is 0.0484 e. The van der Waals surface area contributed by atoms with Gasteiger partial charge in [-0.1, -0.05) is 84.9 Å². The Morgan fingerprint density at radius 3 is 1.25 bits per heavy atom. The van der Waals surface area contributed by atoms with E-state index in [-0.39, 0.29) is 0 Å². The molecule has 0 amide bonds. The van der Waals surface area contributed by atoms with Crippen molar-refractivity contribution < 1.29 is 8.22 Å². The molecule has 0 unspecified atom stereocenters. The maximum absolute atomic E-state index is 7.90. The molecule has 2 heteroatoms. The van der Waals surface area contributed by atoms with Crippen LogP contribution in [0.2, 0.25) is 0 Å². The quantitative estimate of drug-likeness (QED) is 0.279. The van der Waals surface area contributed by atoms with Crippen LogP contribution in [0.25, 0.3) is 55.2 Å². The predicted octanol–water partition coefficient (Wildman–Crippen LogP) is 7.67. The van der Waals surface area contributed by atoms with Crippen LogP contribution < -0.4 is 0 Å². The van der Waals surface area contributed by atoms with Gasteiger partial charge in [0.1, 0.15) is 0 Å². The lowest BCUT2D eigenvalue weighted by atomic mass is 9.98. The maximum atomic E-state index is 7.90. The number of aromatic nitrogens is 2. The van der Waals surface area contributed by atoms with E-state index < -0.39 is 14.0 Å². The van der Waals surface area contributed by atoms with Crippen LogP contribution in [0.5, 0.6) is 0 Å². The summed E-state index contributed by atoms with van der Waals surface area (Å²) >= 11 is 0. The molecular weight excluding hydrogens is 388 g/mol. The molecule has 0 saturated carbocycles. The molecule has 6 rings (SSSR count). The Morgan fingerprint density at radius 1 is 0.469 bits per heavy atom. The minimum absolute atomic E-state index is 0.682. The van der Waals surface area contributed by atoms with E-state index in [4.69, 9.17) is 8.22 Å². The van der Waals surface area contributed by atoms with Crippen LogP contribution in [-0.4, -0.2) is 9.13 Å². The van der Waals surface area contributed by atoms with Crippen molar-refractivity contribution in [3.8, 4) is 33.4 Å². The van der Waals surface area contributed by atoms with E-state index in [9.17, 15) is 0 Å². The zero-order valence-corrected chi connectivity index (χ0v) is 17.3. The molecule has 2 aromatic heterocycles. The van der Waals surface area contributed by atoms with Gasteiger partial charge in [0.25, 0.3) is 0 Å². The fourth-order valence-corrected chi connectivity index (χ4v) is 4.50. The summed E-state index contributed by atoms with van der Waals surface area (Å²) in [6.45, 7) is -4.51. The SMILES string of the molecule is [2H]C([2H])([2H])n1cc(-c2ccc(-c3ccc(-c4cn(C([2H])([2H])[2H])c5ccccc45)cc3)cc2)c2ccccc21. The molecule has 2 heterocycles. The fraction of sp³-hybridized carbons (Fsp3) is 0.0667. The zero-order chi connectivity index (χ0) is 26.7. The van der Waals surface area contributed by atoms with Crippen molar-refractivity contribution in [1.82, 2.24) is 9.13 Å². The average molecular weight is 419 g/mol. The van der Waals surface area contributed by atoms with Gasteiger partial charge in [0, 0.05) is 67.5 Å². The Kier molecular flexibility index (Phi) is 3.05. The average Bonchev–Trinajstić information content (AvgIpc) is 3.49. The number of nitrogens with zero attached hydrogens (tertiary/aromatic N) is 2. The van der Waals surface area contributed by atoms with Crippen LogP contribution in [0.1, 0.15) is 8.22 Å². The first kappa shape index (κ1) is 13.4. The summed E-state index contributed by atoms with van der Waals surface area (Å²) in [6.07, 6.45) is 3.41. The molecular formula is C30H24N2. The van der Waals surface area contributed by atoms with Crippen LogP contribution in [-0.2, 0) is 14.0 Å². The zero-order valence-electron chi connectivity index (χ0n) is 23.3. The third kappa shape index (κ3) is 2.96. The van der Waals surface area contributed by atoms with E-state index in [2.05, 4.69) is 0 Å². The first-order chi connectivity index (χ1) is 18.1. The van der Waals surface area contributed by atoms with E-state index in [1.54, 1.807) is 12.4 Å². The molecule has 2 nitrogen and oxygen atoms in total. The summed E-state index contributed by atoms with van der Waals surface area (Å²) in [4.78, 5) is 0. The van der Waals surface area contributed by atoms with Crippen LogP contribution in [0.4, 0.5) is 0 Å². The lowest BCUT2D eigenvalue weighted by Gasteiger charge is -2.06. The topological polar surface area (TPSA) is 9.86 Å². The second-order valence-corrected chi connectivity index (χ2v) is 8.01. The summed E-state index contributed by atoms with van der Waals surface area (Å²) in [7, 11) is 0. The highest BCUT2D eigenvalue weighted by Crippen LogP contribution is 2.34. The number of aryl methyl sites for hydroxylation is 2. The highest BCUT2D eigenvalue weighted by Gasteiger charge is 2.10. The number of rotatable bonds is 3. The number of hydrogen-bond acceptors (Lipinski definition) is 0. The van der Waals surface area contributed by atoms with Gasteiger partial charge in [0.2, 0.25) is 0 Å². The Balaban J connectivity index is 1.34. The van der Waals surface area contributed by atoms with Crippen molar-refractivity contribution in [1.29, 1.82) is 0 Å². The van der Waals surface area contributed by atoms with Crippen LogP contribution in [0.15, 0.2) is 109 Å². The van der Waals surface area contributed by atoms with Gasteiger partial charge in [-0.15, -0.1) is 0 Å². The van der Waals surface area contributed by atoms with Crippen molar-refractivity contribution in [3.63, 3.8) is 0 Å². The molecule has 0 aliphatic carbocycles. The van der Waals surface area contributed by atoms with E-state index >= 15 is 0 Å². The van der Waals surface area contributed by atoms with Crippen LogP contribution in [0.3, 0.4) is 0 Å². The highest BCUT2D eigenvalue weighted by atomic mass is 14.9. The molecule has 6 aromatic rings. The summed E-state index contributed by atoms with van der Waals surface area (Å²) in [5, 5.41) is 1.80.